The first kappa shape index (κ1) is 16.3. The summed E-state index contributed by atoms with van der Waals surface area (Å²) in [4.78, 5) is 26.1. The Labute approximate surface area is 131 Å². The Morgan fingerprint density at radius 1 is 1.35 bits per heavy atom. The highest BCUT2D eigenvalue weighted by molar-refractivity contribution is 5.90. The van der Waals surface area contributed by atoms with E-state index >= 15 is 0 Å². The second kappa shape index (κ2) is 7.30. The van der Waals surface area contributed by atoms with E-state index < -0.39 is 10.7 Å². The van der Waals surface area contributed by atoms with E-state index in [1.54, 1.807) is 12.1 Å². The summed E-state index contributed by atoms with van der Waals surface area (Å²) in [6.07, 6.45) is 0.0875. The van der Waals surface area contributed by atoms with Crippen LogP contribution in [0, 0.1) is 22.9 Å². The van der Waals surface area contributed by atoms with Crippen LogP contribution in [0.1, 0.15) is 12.1 Å². The first-order chi connectivity index (χ1) is 11.0. The monoisotopic (exact) mass is 318 g/mol. The van der Waals surface area contributed by atoms with Gasteiger partial charge in [0.1, 0.15) is 17.3 Å². The maximum atomic E-state index is 13.0. The second-order valence-electron chi connectivity index (χ2n) is 4.81. The molecule has 0 saturated carbocycles. The van der Waals surface area contributed by atoms with Crippen LogP contribution in [0.25, 0.3) is 0 Å². The molecule has 120 valence electrons. The molecule has 0 saturated heterocycles. The molecule has 7 nitrogen and oxygen atoms in total. The average molecular weight is 318 g/mol. The number of nitro benzene ring substituents is 1. The van der Waals surface area contributed by atoms with Gasteiger partial charge < -0.3 is 10.6 Å². The Morgan fingerprint density at radius 2 is 2.13 bits per heavy atom. The minimum Gasteiger partial charge on any atom is -0.379 e. The largest absolute Gasteiger partial charge is 0.379 e. The zero-order valence-electron chi connectivity index (χ0n) is 12.4. The molecule has 23 heavy (non-hydrogen) atoms. The normalized spacial score (nSPS) is 10.2. The molecule has 1 amide bonds. The van der Waals surface area contributed by atoms with E-state index in [1.165, 1.54) is 6.07 Å². The van der Waals surface area contributed by atoms with Crippen LogP contribution >= 0.6 is 0 Å². The number of anilines is 2. The number of nitro groups is 1. The number of pyridine rings is 1. The number of nitrogens with zero attached hydrogens (tertiary/aromatic N) is 2. The maximum absolute atomic E-state index is 13.0. The lowest BCUT2D eigenvalue weighted by Crippen LogP contribution is -2.17. The number of hydrogen-bond acceptors (Lipinski definition) is 5. The van der Waals surface area contributed by atoms with Crippen LogP contribution in [0.2, 0.25) is 0 Å². The smallest absolute Gasteiger partial charge is 0.295 e. The fourth-order valence-corrected chi connectivity index (χ4v) is 1.93. The van der Waals surface area contributed by atoms with Gasteiger partial charge in [-0.15, -0.1) is 0 Å². The van der Waals surface area contributed by atoms with Gasteiger partial charge in [-0.1, -0.05) is 6.07 Å². The molecule has 8 heteroatoms. The molecule has 0 bridgehead atoms. The Balaban J connectivity index is 1.90. The standard InChI is InChI=1S/C15H15FN4O3/c1-10-3-2-4-14(18-10)19-15(21)7-8-17-12-6-5-11(16)9-13(12)20(22)23/h2-6,9,17H,7-8H2,1H3,(H,18,19,21). The zero-order valence-corrected chi connectivity index (χ0v) is 12.4. The third-order valence-electron chi connectivity index (χ3n) is 2.98. The van der Waals surface area contributed by atoms with Crippen molar-refractivity contribution >= 4 is 23.1 Å². The third kappa shape index (κ3) is 4.73. The van der Waals surface area contributed by atoms with Crippen molar-refractivity contribution in [1.82, 2.24) is 4.98 Å². The van der Waals surface area contributed by atoms with Crippen molar-refractivity contribution in [2.24, 2.45) is 0 Å². The molecule has 1 aromatic heterocycles. The van der Waals surface area contributed by atoms with Crippen LogP contribution < -0.4 is 10.6 Å². The molecular weight excluding hydrogens is 303 g/mol. The van der Waals surface area contributed by atoms with Gasteiger partial charge in [0.15, 0.2) is 0 Å². The SMILES string of the molecule is Cc1cccc(NC(=O)CCNc2ccc(F)cc2[N+](=O)[O-])n1. The van der Waals surface area contributed by atoms with Gasteiger partial charge in [-0.3, -0.25) is 14.9 Å². The van der Waals surface area contributed by atoms with Gasteiger partial charge in [-0.25, -0.2) is 9.37 Å². The Bertz CT molecular complexity index is 736. The van der Waals surface area contributed by atoms with Crippen LogP contribution in [-0.4, -0.2) is 22.4 Å². The topological polar surface area (TPSA) is 97.2 Å². The number of nitrogens with one attached hydrogen (secondary N) is 2. The first-order valence-electron chi connectivity index (χ1n) is 6.87. The van der Waals surface area contributed by atoms with E-state index in [2.05, 4.69) is 15.6 Å². The molecule has 0 unspecified atom stereocenters. The summed E-state index contributed by atoms with van der Waals surface area (Å²) in [7, 11) is 0. The fourth-order valence-electron chi connectivity index (χ4n) is 1.93. The number of amides is 1. The number of halogens is 1. The lowest BCUT2D eigenvalue weighted by atomic mass is 10.2. The van der Waals surface area contributed by atoms with E-state index in [0.29, 0.717) is 5.82 Å². The molecule has 2 aromatic rings. The molecule has 0 atom stereocenters. The lowest BCUT2D eigenvalue weighted by Gasteiger charge is -2.08. The van der Waals surface area contributed by atoms with Crippen LogP contribution in [0.3, 0.4) is 0 Å². The average Bonchev–Trinajstić information content (AvgIpc) is 2.48. The van der Waals surface area contributed by atoms with Gasteiger partial charge in [0.2, 0.25) is 5.91 Å². The minimum absolute atomic E-state index is 0.0875. The second-order valence-corrected chi connectivity index (χ2v) is 4.81. The van der Waals surface area contributed by atoms with E-state index in [0.717, 1.165) is 17.8 Å². The van der Waals surface area contributed by atoms with Crippen molar-refractivity contribution in [2.45, 2.75) is 13.3 Å². The summed E-state index contributed by atoms with van der Waals surface area (Å²) in [6, 6.07) is 8.48. The number of aryl methyl sites for hydroxylation is 1. The number of rotatable bonds is 6. The quantitative estimate of drug-likeness (QED) is 0.630. The number of aromatic nitrogens is 1. The van der Waals surface area contributed by atoms with Crippen molar-refractivity contribution in [3.05, 3.63) is 58.0 Å². The summed E-state index contributed by atoms with van der Waals surface area (Å²) in [5.74, 6) is -0.520. The summed E-state index contributed by atoms with van der Waals surface area (Å²) in [5, 5.41) is 16.2. The van der Waals surface area contributed by atoms with Crippen LogP contribution in [0.15, 0.2) is 36.4 Å². The molecule has 2 N–H and O–H groups in total. The Morgan fingerprint density at radius 3 is 2.83 bits per heavy atom. The van der Waals surface area contributed by atoms with Gasteiger partial charge in [-0.2, -0.15) is 0 Å². The highest BCUT2D eigenvalue weighted by Crippen LogP contribution is 2.24. The summed E-state index contributed by atoms with van der Waals surface area (Å²) in [5.41, 5.74) is 0.575. The van der Waals surface area contributed by atoms with Crippen molar-refractivity contribution in [3.63, 3.8) is 0 Å². The van der Waals surface area contributed by atoms with Crippen molar-refractivity contribution in [3.8, 4) is 0 Å². The fraction of sp³-hybridized carbons (Fsp3) is 0.200. The molecule has 0 aliphatic rings. The number of carbonyl (C=O) groups is 1. The van der Waals surface area contributed by atoms with E-state index in [-0.39, 0.29) is 30.2 Å². The highest BCUT2D eigenvalue weighted by Gasteiger charge is 2.14. The maximum Gasteiger partial charge on any atom is 0.295 e. The number of hydrogen-bond donors (Lipinski definition) is 2. The predicted octanol–water partition coefficient (Wildman–Crippen LogP) is 2.88. The summed E-state index contributed by atoms with van der Waals surface area (Å²) < 4.78 is 13.0. The van der Waals surface area contributed by atoms with Crippen LogP contribution in [0.5, 0.6) is 0 Å². The van der Waals surface area contributed by atoms with E-state index in [9.17, 15) is 19.3 Å². The van der Waals surface area contributed by atoms with Gasteiger partial charge in [0, 0.05) is 18.7 Å². The molecule has 0 spiro atoms. The van der Waals surface area contributed by atoms with Crippen LogP contribution in [0.4, 0.5) is 21.6 Å². The summed E-state index contributed by atoms with van der Waals surface area (Å²) >= 11 is 0. The highest BCUT2D eigenvalue weighted by atomic mass is 19.1. The molecule has 0 aliphatic heterocycles. The van der Waals surface area contributed by atoms with Crippen LogP contribution in [-0.2, 0) is 4.79 Å². The third-order valence-corrected chi connectivity index (χ3v) is 2.98. The van der Waals surface area contributed by atoms with Crippen molar-refractivity contribution in [2.75, 3.05) is 17.2 Å². The van der Waals surface area contributed by atoms with Gasteiger partial charge in [0.25, 0.3) is 5.69 Å². The van der Waals surface area contributed by atoms with Crippen molar-refractivity contribution in [1.29, 1.82) is 0 Å². The minimum atomic E-state index is -0.689. The zero-order chi connectivity index (χ0) is 16.8. The molecule has 0 aliphatic carbocycles. The number of benzene rings is 1. The first-order valence-corrected chi connectivity index (χ1v) is 6.87. The molecular formula is C15H15FN4O3. The summed E-state index contributed by atoms with van der Waals surface area (Å²) in [6.45, 7) is 1.98. The van der Waals surface area contributed by atoms with Gasteiger partial charge >= 0.3 is 0 Å². The molecule has 0 radical (unpaired) electrons. The molecule has 1 heterocycles. The Kier molecular flexibility index (Phi) is 5.19. The van der Waals surface area contributed by atoms with E-state index in [4.69, 9.17) is 0 Å². The predicted molar refractivity (Wildman–Crippen MR) is 83.8 cm³/mol. The Hall–Kier alpha value is -3.03. The number of carbonyl (C=O) groups excluding carboxylic acids is 1. The van der Waals surface area contributed by atoms with E-state index in [1.807, 2.05) is 13.0 Å². The molecule has 1 aromatic carbocycles. The van der Waals surface area contributed by atoms with Gasteiger partial charge in [-0.05, 0) is 31.2 Å². The van der Waals surface area contributed by atoms with Crippen molar-refractivity contribution < 1.29 is 14.1 Å². The lowest BCUT2D eigenvalue weighted by molar-refractivity contribution is -0.384. The molecule has 0 fully saturated rings. The van der Waals surface area contributed by atoms with Gasteiger partial charge in [0.05, 0.1) is 11.0 Å². The molecule has 2 rings (SSSR count).